The number of benzene rings is 1. The van der Waals surface area contributed by atoms with Crippen LogP contribution in [0.25, 0.3) is 0 Å². The van der Waals surface area contributed by atoms with Gasteiger partial charge < -0.3 is 4.74 Å². The van der Waals surface area contributed by atoms with Crippen molar-refractivity contribution in [1.29, 1.82) is 0 Å². The van der Waals surface area contributed by atoms with Crippen molar-refractivity contribution >= 4 is 5.97 Å². The average molecular weight is 192 g/mol. The summed E-state index contributed by atoms with van der Waals surface area (Å²) in [7, 11) is 1.39. The summed E-state index contributed by atoms with van der Waals surface area (Å²) in [6.45, 7) is 6.34. The fraction of sp³-hybridized carbons (Fsp3) is 0.417. The van der Waals surface area contributed by atoms with Crippen LogP contribution < -0.4 is 0 Å². The quantitative estimate of drug-likeness (QED) is 0.639. The number of esters is 1. The molecule has 1 aromatic rings. The molecule has 0 radical (unpaired) electrons. The lowest BCUT2D eigenvalue weighted by Gasteiger charge is -2.19. The maximum atomic E-state index is 11.3. The van der Waals surface area contributed by atoms with Crippen molar-refractivity contribution in [3.8, 4) is 0 Å². The van der Waals surface area contributed by atoms with E-state index >= 15 is 0 Å². The Balaban J connectivity index is 3.08. The molecular formula is C12H16O2. The Bertz CT molecular complexity index is 334. The predicted molar refractivity (Wildman–Crippen MR) is 56.5 cm³/mol. The maximum Gasteiger partial charge on any atom is 0.337 e. The lowest BCUT2D eigenvalue weighted by Crippen LogP contribution is -2.12. The van der Waals surface area contributed by atoms with Gasteiger partial charge in [-0.1, -0.05) is 32.9 Å². The molecule has 76 valence electrons. The second-order valence-corrected chi connectivity index (χ2v) is 4.32. The van der Waals surface area contributed by atoms with Gasteiger partial charge in [0.15, 0.2) is 0 Å². The average Bonchev–Trinajstić information content (AvgIpc) is 2.15. The molecule has 0 spiro atoms. The summed E-state index contributed by atoms with van der Waals surface area (Å²) in [6.07, 6.45) is 0. The number of methoxy groups -OCH3 is 1. The second kappa shape index (κ2) is 3.82. The number of hydrogen-bond donors (Lipinski definition) is 0. The van der Waals surface area contributed by atoms with E-state index < -0.39 is 0 Å². The van der Waals surface area contributed by atoms with Crippen LogP contribution in [0.5, 0.6) is 0 Å². The molecule has 0 aliphatic heterocycles. The first-order valence-corrected chi connectivity index (χ1v) is 4.64. The zero-order valence-electron chi connectivity index (χ0n) is 9.13. The predicted octanol–water partition coefficient (Wildman–Crippen LogP) is 2.77. The zero-order valence-corrected chi connectivity index (χ0v) is 9.13. The van der Waals surface area contributed by atoms with Crippen LogP contribution in [0.3, 0.4) is 0 Å². The molecule has 0 aliphatic carbocycles. The van der Waals surface area contributed by atoms with Gasteiger partial charge in [0.2, 0.25) is 0 Å². The minimum Gasteiger partial charge on any atom is -0.465 e. The Morgan fingerprint density at radius 1 is 1.29 bits per heavy atom. The number of carbonyl (C=O) groups excluding carboxylic acids is 1. The van der Waals surface area contributed by atoms with Gasteiger partial charge >= 0.3 is 5.97 Å². The highest BCUT2D eigenvalue weighted by Gasteiger charge is 2.15. The van der Waals surface area contributed by atoms with E-state index in [2.05, 4.69) is 25.5 Å². The Morgan fingerprint density at radius 2 is 1.93 bits per heavy atom. The molecule has 1 aromatic carbocycles. The van der Waals surface area contributed by atoms with E-state index in [1.165, 1.54) is 7.11 Å². The van der Waals surface area contributed by atoms with Crippen LogP contribution in [0, 0.1) is 0 Å². The van der Waals surface area contributed by atoms with E-state index in [0.29, 0.717) is 5.56 Å². The van der Waals surface area contributed by atoms with Crippen molar-refractivity contribution in [3.63, 3.8) is 0 Å². The van der Waals surface area contributed by atoms with Crippen molar-refractivity contribution in [2.75, 3.05) is 7.11 Å². The summed E-state index contributed by atoms with van der Waals surface area (Å²) < 4.78 is 4.66. The number of rotatable bonds is 1. The van der Waals surface area contributed by atoms with Gasteiger partial charge in [-0.3, -0.25) is 0 Å². The molecule has 1 rings (SSSR count). The summed E-state index contributed by atoms with van der Waals surface area (Å²) in [5.74, 6) is -0.281. The lowest BCUT2D eigenvalue weighted by atomic mass is 9.86. The summed E-state index contributed by atoms with van der Waals surface area (Å²) in [6, 6.07) is 7.55. The van der Waals surface area contributed by atoms with Gasteiger partial charge in [-0.05, 0) is 23.1 Å². The van der Waals surface area contributed by atoms with E-state index in [1.807, 2.05) is 18.2 Å². The van der Waals surface area contributed by atoms with Crippen molar-refractivity contribution in [2.45, 2.75) is 26.2 Å². The molecule has 0 aromatic heterocycles. The van der Waals surface area contributed by atoms with E-state index in [9.17, 15) is 4.79 Å². The number of ether oxygens (including phenoxy) is 1. The molecule has 0 aliphatic rings. The molecule has 0 amide bonds. The molecule has 0 saturated heterocycles. The first kappa shape index (κ1) is 10.8. The molecule has 0 unspecified atom stereocenters. The van der Waals surface area contributed by atoms with Crippen LogP contribution >= 0.6 is 0 Å². The molecule has 0 saturated carbocycles. The van der Waals surface area contributed by atoms with Crippen LogP contribution in [0.1, 0.15) is 36.7 Å². The van der Waals surface area contributed by atoms with Crippen LogP contribution in [0.4, 0.5) is 0 Å². The topological polar surface area (TPSA) is 26.3 Å². The van der Waals surface area contributed by atoms with Gasteiger partial charge in [0.1, 0.15) is 0 Å². The summed E-state index contributed by atoms with van der Waals surface area (Å²) in [4.78, 5) is 11.3. The minimum atomic E-state index is -0.281. The molecule has 0 bridgehead atoms. The Morgan fingerprint density at radius 3 is 2.43 bits per heavy atom. The highest BCUT2D eigenvalue weighted by molar-refractivity contribution is 5.89. The third kappa shape index (κ3) is 2.34. The molecule has 0 N–H and O–H groups in total. The molecule has 0 fully saturated rings. The summed E-state index contributed by atoms with van der Waals surface area (Å²) >= 11 is 0. The Labute approximate surface area is 84.9 Å². The molecule has 2 nitrogen and oxygen atoms in total. The third-order valence-electron chi connectivity index (χ3n) is 2.15. The first-order valence-electron chi connectivity index (χ1n) is 4.64. The SMILES string of the molecule is COC(=O)c1cccc(C(C)(C)C)c1. The summed E-state index contributed by atoms with van der Waals surface area (Å²) in [5, 5.41) is 0. The Hall–Kier alpha value is -1.31. The van der Waals surface area contributed by atoms with Gasteiger partial charge in [0.05, 0.1) is 12.7 Å². The molecule has 14 heavy (non-hydrogen) atoms. The largest absolute Gasteiger partial charge is 0.465 e. The van der Waals surface area contributed by atoms with Crippen molar-refractivity contribution in [1.82, 2.24) is 0 Å². The number of hydrogen-bond acceptors (Lipinski definition) is 2. The first-order chi connectivity index (χ1) is 6.45. The van der Waals surface area contributed by atoms with E-state index in [0.717, 1.165) is 5.56 Å². The number of carbonyl (C=O) groups is 1. The van der Waals surface area contributed by atoms with Crippen LogP contribution in [0.2, 0.25) is 0 Å². The fourth-order valence-electron chi connectivity index (χ4n) is 1.23. The van der Waals surface area contributed by atoms with Crippen molar-refractivity contribution in [2.24, 2.45) is 0 Å². The molecule has 0 heterocycles. The van der Waals surface area contributed by atoms with Crippen molar-refractivity contribution in [3.05, 3.63) is 35.4 Å². The van der Waals surface area contributed by atoms with Crippen LogP contribution in [-0.4, -0.2) is 13.1 Å². The Kier molecular flexibility index (Phi) is 2.94. The standard InChI is InChI=1S/C12H16O2/c1-12(2,3)10-7-5-6-9(8-10)11(13)14-4/h5-8H,1-4H3. The van der Waals surface area contributed by atoms with E-state index in [1.54, 1.807) is 6.07 Å². The highest BCUT2D eigenvalue weighted by atomic mass is 16.5. The van der Waals surface area contributed by atoms with E-state index in [-0.39, 0.29) is 11.4 Å². The van der Waals surface area contributed by atoms with Gasteiger partial charge in [-0.2, -0.15) is 0 Å². The molecular weight excluding hydrogens is 176 g/mol. The van der Waals surface area contributed by atoms with Gasteiger partial charge in [-0.15, -0.1) is 0 Å². The lowest BCUT2D eigenvalue weighted by molar-refractivity contribution is 0.0600. The van der Waals surface area contributed by atoms with Gasteiger partial charge in [0.25, 0.3) is 0 Å². The third-order valence-corrected chi connectivity index (χ3v) is 2.15. The normalized spacial score (nSPS) is 11.1. The van der Waals surface area contributed by atoms with Crippen LogP contribution in [0.15, 0.2) is 24.3 Å². The monoisotopic (exact) mass is 192 g/mol. The van der Waals surface area contributed by atoms with Crippen molar-refractivity contribution < 1.29 is 9.53 Å². The maximum absolute atomic E-state index is 11.3. The molecule has 0 atom stereocenters. The highest BCUT2D eigenvalue weighted by Crippen LogP contribution is 2.22. The van der Waals surface area contributed by atoms with E-state index in [4.69, 9.17) is 0 Å². The fourth-order valence-corrected chi connectivity index (χ4v) is 1.23. The van der Waals surface area contributed by atoms with Gasteiger partial charge in [-0.25, -0.2) is 4.79 Å². The second-order valence-electron chi connectivity index (χ2n) is 4.32. The van der Waals surface area contributed by atoms with Crippen LogP contribution in [-0.2, 0) is 10.2 Å². The van der Waals surface area contributed by atoms with Gasteiger partial charge in [0, 0.05) is 0 Å². The summed E-state index contributed by atoms with van der Waals surface area (Å²) in [5.41, 5.74) is 1.81. The zero-order chi connectivity index (χ0) is 10.8. The molecule has 2 heteroatoms. The smallest absolute Gasteiger partial charge is 0.337 e. The minimum absolute atomic E-state index is 0.0596.